The zero-order chi connectivity index (χ0) is 13.8. The summed E-state index contributed by atoms with van der Waals surface area (Å²) in [5, 5.41) is 7.23. The minimum atomic E-state index is -0.111. The number of rotatable bonds is 4. The summed E-state index contributed by atoms with van der Waals surface area (Å²) in [7, 11) is 1.85. The molecule has 0 unspecified atom stereocenters. The van der Waals surface area contributed by atoms with Gasteiger partial charge in [0.25, 0.3) is 0 Å². The van der Waals surface area contributed by atoms with Crippen molar-refractivity contribution in [3.63, 3.8) is 0 Å². The number of hydrogen-bond donors (Lipinski definition) is 1. The molecule has 0 bridgehead atoms. The lowest BCUT2D eigenvalue weighted by atomic mass is 10.2. The number of carbonyl (C=O) groups excluding carboxylic acids is 1. The number of nitrogens with one attached hydrogen (secondary N) is 1. The molecule has 1 heterocycles. The molecule has 0 radical (unpaired) electrons. The van der Waals surface area contributed by atoms with Gasteiger partial charge in [-0.1, -0.05) is 12.1 Å². The number of nitrogens with zero attached hydrogens (tertiary/aromatic N) is 2. The summed E-state index contributed by atoms with van der Waals surface area (Å²) < 4.78 is 4.93. The number of hydrogen-bond acceptors (Lipinski definition) is 4. The lowest BCUT2D eigenvalue weighted by molar-refractivity contribution is 0.204. The Hall–Kier alpha value is -1.17. The number of carbonyl (C=O) groups is 1. The summed E-state index contributed by atoms with van der Waals surface area (Å²) in [5.41, 5.74) is 0. The van der Waals surface area contributed by atoms with Gasteiger partial charge in [0.15, 0.2) is 5.82 Å². The van der Waals surface area contributed by atoms with Crippen LogP contribution in [0.25, 0.3) is 0 Å². The maximum absolute atomic E-state index is 12.1. The van der Waals surface area contributed by atoms with E-state index in [9.17, 15) is 4.79 Å². The topological polar surface area (TPSA) is 58.4 Å². The van der Waals surface area contributed by atoms with Crippen molar-refractivity contribution in [3.8, 4) is 0 Å². The summed E-state index contributed by atoms with van der Waals surface area (Å²) in [5.74, 6) is 2.32. The molecule has 1 saturated carbocycles. The third kappa shape index (κ3) is 3.65. The Morgan fingerprint density at radius 2 is 2.42 bits per heavy atom. The highest BCUT2D eigenvalue weighted by Crippen LogP contribution is 2.32. The van der Waals surface area contributed by atoms with Gasteiger partial charge in [0.05, 0.1) is 0 Å². The van der Waals surface area contributed by atoms with E-state index >= 15 is 0 Å². The van der Waals surface area contributed by atoms with Crippen LogP contribution in [0.4, 0.5) is 10.6 Å². The maximum atomic E-state index is 12.1. The van der Waals surface area contributed by atoms with E-state index in [1.165, 1.54) is 6.42 Å². The summed E-state index contributed by atoms with van der Waals surface area (Å²) in [6.07, 6.45) is 3.36. The molecule has 2 rings (SSSR count). The van der Waals surface area contributed by atoms with Gasteiger partial charge >= 0.3 is 6.03 Å². The predicted molar refractivity (Wildman–Crippen MR) is 77.6 cm³/mol. The van der Waals surface area contributed by atoms with Crippen molar-refractivity contribution >= 4 is 23.6 Å². The van der Waals surface area contributed by atoms with Crippen LogP contribution in [0.1, 0.15) is 31.9 Å². The van der Waals surface area contributed by atoms with Crippen LogP contribution in [0, 0.1) is 6.92 Å². The quantitative estimate of drug-likeness (QED) is 0.922. The van der Waals surface area contributed by atoms with E-state index in [2.05, 4.69) is 17.4 Å². The van der Waals surface area contributed by atoms with Crippen LogP contribution in [-0.2, 0) is 0 Å². The molecule has 0 aromatic carbocycles. The van der Waals surface area contributed by atoms with Gasteiger partial charge in [0.2, 0.25) is 0 Å². The molecular weight excluding hydrogens is 262 g/mol. The Labute approximate surface area is 118 Å². The van der Waals surface area contributed by atoms with Crippen LogP contribution in [0.5, 0.6) is 0 Å². The standard InChI is InChI=1S/C13H21N3O2S/c1-4-19-11-6-5-10(8-11)16(3)13(17)14-12-7-9(2)18-15-12/h7,10-11H,4-6,8H2,1-3H3,(H,14,15,17)/t10-,11+/m0/s1. The summed E-state index contributed by atoms with van der Waals surface area (Å²) >= 11 is 1.99. The molecule has 6 heteroatoms. The average molecular weight is 283 g/mol. The van der Waals surface area contributed by atoms with Gasteiger partial charge in [-0.05, 0) is 31.9 Å². The van der Waals surface area contributed by atoms with Gasteiger partial charge < -0.3 is 9.42 Å². The highest BCUT2D eigenvalue weighted by atomic mass is 32.2. The van der Waals surface area contributed by atoms with Gasteiger partial charge in [-0.15, -0.1) is 0 Å². The van der Waals surface area contributed by atoms with Crippen LogP contribution < -0.4 is 5.32 Å². The number of anilines is 1. The van der Waals surface area contributed by atoms with E-state index in [4.69, 9.17) is 4.52 Å². The monoisotopic (exact) mass is 283 g/mol. The lowest BCUT2D eigenvalue weighted by Crippen LogP contribution is -2.38. The molecule has 19 heavy (non-hydrogen) atoms. The van der Waals surface area contributed by atoms with Crippen molar-refractivity contribution in [1.29, 1.82) is 0 Å². The largest absolute Gasteiger partial charge is 0.360 e. The van der Waals surface area contributed by atoms with Crippen LogP contribution in [0.3, 0.4) is 0 Å². The van der Waals surface area contributed by atoms with Crippen molar-refractivity contribution in [1.82, 2.24) is 10.1 Å². The van der Waals surface area contributed by atoms with E-state index in [1.807, 2.05) is 18.8 Å². The highest BCUT2D eigenvalue weighted by molar-refractivity contribution is 7.99. The first-order valence-corrected chi connectivity index (χ1v) is 7.73. The lowest BCUT2D eigenvalue weighted by Gasteiger charge is -2.24. The molecule has 1 fully saturated rings. The van der Waals surface area contributed by atoms with Crippen molar-refractivity contribution in [3.05, 3.63) is 11.8 Å². The van der Waals surface area contributed by atoms with E-state index in [0.29, 0.717) is 22.9 Å². The Bertz CT molecular complexity index is 435. The smallest absolute Gasteiger partial charge is 0.323 e. The fourth-order valence-corrected chi connectivity index (χ4v) is 3.58. The Morgan fingerprint density at radius 3 is 3.05 bits per heavy atom. The SMILES string of the molecule is CCS[C@@H]1CC[C@H](N(C)C(=O)Nc2cc(C)on2)C1. The average Bonchev–Trinajstić information content (AvgIpc) is 2.98. The molecule has 1 aromatic rings. The predicted octanol–water partition coefficient (Wildman–Crippen LogP) is 3.12. The fourth-order valence-electron chi connectivity index (χ4n) is 2.45. The first-order valence-electron chi connectivity index (χ1n) is 6.69. The van der Waals surface area contributed by atoms with E-state index in [0.717, 1.165) is 18.6 Å². The van der Waals surface area contributed by atoms with E-state index in [1.54, 1.807) is 17.9 Å². The van der Waals surface area contributed by atoms with Gasteiger partial charge in [0.1, 0.15) is 5.76 Å². The second-order valence-corrected chi connectivity index (χ2v) is 6.49. The minimum absolute atomic E-state index is 0.111. The first-order chi connectivity index (χ1) is 9.10. The van der Waals surface area contributed by atoms with Crippen molar-refractivity contribution < 1.29 is 9.32 Å². The Balaban J connectivity index is 1.86. The molecule has 106 valence electrons. The van der Waals surface area contributed by atoms with Crippen LogP contribution >= 0.6 is 11.8 Å². The fraction of sp³-hybridized carbons (Fsp3) is 0.692. The zero-order valence-electron chi connectivity index (χ0n) is 11.7. The maximum Gasteiger partial charge on any atom is 0.323 e. The highest BCUT2D eigenvalue weighted by Gasteiger charge is 2.30. The minimum Gasteiger partial charge on any atom is -0.360 e. The molecule has 2 amide bonds. The Kier molecular flexibility index (Phi) is 4.74. The number of urea groups is 1. The molecule has 5 nitrogen and oxygen atoms in total. The van der Waals surface area contributed by atoms with E-state index < -0.39 is 0 Å². The summed E-state index contributed by atoms with van der Waals surface area (Å²) in [6, 6.07) is 1.94. The summed E-state index contributed by atoms with van der Waals surface area (Å²) in [6.45, 7) is 3.98. The number of amides is 2. The number of aromatic nitrogens is 1. The van der Waals surface area contributed by atoms with E-state index in [-0.39, 0.29) is 6.03 Å². The first kappa shape index (κ1) is 14.2. The van der Waals surface area contributed by atoms with Gasteiger partial charge in [-0.2, -0.15) is 11.8 Å². The second kappa shape index (κ2) is 6.32. The summed E-state index contributed by atoms with van der Waals surface area (Å²) in [4.78, 5) is 13.9. The zero-order valence-corrected chi connectivity index (χ0v) is 12.5. The van der Waals surface area contributed by atoms with Crippen LogP contribution in [0.2, 0.25) is 0 Å². The molecule has 1 aliphatic carbocycles. The molecule has 0 spiro atoms. The third-order valence-corrected chi connectivity index (χ3v) is 4.72. The van der Waals surface area contributed by atoms with Gasteiger partial charge in [-0.25, -0.2) is 4.79 Å². The molecule has 1 aliphatic rings. The van der Waals surface area contributed by atoms with Gasteiger partial charge in [0, 0.05) is 24.4 Å². The molecule has 1 N–H and O–H groups in total. The number of aryl methyl sites for hydroxylation is 1. The molecule has 0 aliphatic heterocycles. The molecule has 1 aromatic heterocycles. The van der Waals surface area contributed by atoms with Crippen molar-refractivity contribution in [2.24, 2.45) is 0 Å². The van der Waals surface area contributed by atoms with Crippen LogP contribution in [0.15, 0.2) is 10.6 Å². The van der Waals surface area contributed by atoms with Crippen molar-refractivity contribution in [2.45, 2.75) is 44.4 Å². The molecular formula is C13H21N3O2S. The van der Waals surface area contributed by atoms with Crippen molar-refractivity contribution in [2.75, 3.05) is 18.1 Å². The number of thioether (sulfide) groups is 1. The van der Waals surface area contributed by atoms with Gasteiger partial charge in [-0.3, -0.25) is 5.32 Å². The normalized spacial score (nSPS) is 22.5. The molecule has 0 saturated heterocycles. The Morgan fingerprint density at radius 1 is 1.63 bits per heavy atom. The second-order valence-electron chi connectivity index (χ2n) is 4.91. The van der Waals surface area contributed by atoms with Crippen LogP contribution in [-0.4, -0.2) is 40.2 Å². The third-order valence-electron chi connectivity index (χ3n) is 3.49. The molecule has 2 atom stereocenters.